The Bertz CT molecular complexity index is 610. The van der Waals surface area contributed by atoms with Gasteiger partial charge in [0.2, 0.25) is 0 Å². The van der Waals surface area contributed by atoms with E-state index in [2.05, 4.69) is 66.1 Å². The summed E-state index contributed by atoms with van der Waals surface area (Å²) in [6.07, 6.45) is 7.46. The topological polar surface area (TPSA) is 29.9 Å². The maximum absolute atomic E-state index is 4.41. The summed E-state index contributed by atoms with van der Waals surface area (Å²) in [4.78, 5) is 4.41. The summed E-state index contributed by atoms with van der Waals surface area (Å²) in [5, 5.41) is 3.87. The molecule has 0 saturated heterocycles. The summed E-state index contributed by atoms with van der Waals surface area (Å²) in [5.41, 5.74) is 3.07. The van der Waals surface area contributed by atoms with Crippen molar-refractivity contribution >= 4 is 0 Å². The first-order valence-corrected chi connectivity index (χ1v) is 7.98. The van der Waals surface area contributed by atoms with Gasteiger partial charge in [-0.25, -0.2) is 4.98 Å². The normalized spacial score (nSPS) is 17.7. The van der Waals surface area contributed by atoms with E-state index in [1.807, 2.05) is 6.20 Å². The van der Waals surface area contributed by atoms with Crippen LogP contribution in [0, 0.1) is 6.92 Å². The molecule has 1 aliphatic rings. The lowest BCUT2D eigenvalue weighted by Gasteiger charge is -2.25. The van der Waals surface area contributed by atoms with E-state index in [9.17, 15) is 0 Å². The van der Waals surface area contributed by atoms with E-state index in [0.29, 0.717) is 6.04 Å². The highest BCUT2D eigenvalue weighted by atomic mass is 15.1. The van der Waals surface area contributed by atoms with E-state index in [4.69, 9.17) is 0 Å². The zero-order valence-electron chi connectivity index (χ0n) is 13.3. The van der Waals surface area contributed by atoms with Gasteiger partial charge in [-0.1, -0.05) is 31.2 Å². The Morgan fingerprint density at radius 3 is 2.76 bits per heavy atom. The minimum absolute atomic E-state index is 0.206. The fourth-order valence-corrected chi connectivity index (χ4v) is 3.36. The van der Waals surface area contributed by atoms with Crippen LogP contribution in [0.5, 0.6) is 0 Å². The Balaban J connectivity index is 1.70. The highest BCUT2D eigenvalue weighted by molar-refractivity contribution is 5.37. The maximum atomic E-state index is 4.41. The zero-order valence-corrected chi connectivity index (χ0v) is 13.3. The van der Waals surface area contributed by atoms with Crippen molar-refractivity contribution in [3.8, 4) is 0 Å². The van der Waals surface area contributed by atoms with Gasteiger partial charge in [-0.3, -0.25) is 0 Å². The van der Waals surface area contributed by atoms with Gasteiger partial charge in [-0.2, -0.15) is 0 Å². The molecular formula is C18H25N3. The summed E-state index contributed by atoms with van der Waals surface area (Å²) in [7, 11) is 0. The van der Waals surface area contributed by atoms with E-state index in [1.165, 1.54) is 29.8 Å². The molecule has 1 aromatic heterocycles. The lowest BCUT2D eigenvalue weighted by atomic mass is 9.98. The van der Waals surface area contributed by atoms with E-state index < -0.39 is 0 Å². The molecule has 0 unspecified atom stereocenters. The molecule has 1 aromatic carbocycles. The Labute approximate surface area is 127 Å². The molecule has 0 aliphatic heterocycles. The molecule has 112 valence electrons. The summed E-state index contributed by atoms with van der Waals surface area (Å²) in [6, 6.07) is 9.20. The van der Waals surface area contributed by atoms with Gasteiger partial charge < -0.3 is 9.88 Å². The first kappa shape index (κ1) is 14.3. The second-order valence-corrected chi connectivity index (χ2v) is 6.29. The second-order valence-electron chi connectivity index (χ2n) is 6.29. The first-order valence-electron chi connectivity index (χ1n) is 7.98. The van der Waals surface area contributed by atoms with Crippen LogP contribution in [0.3, 0.4) is 0 Å². The predicted octanol–water partition coefficient (Wildman–Crippen LogP) is 3.42. The van der Waals surface area contributed by atoms with Gasteiger partial charge in [0.05, 0.1) is 0 Å². The Morgan fingerprint density at radius 2 is 2.10 bits per heavy atom. The van der Waals surface area contributed by atoms with Crippen LogP contribution in [-0.2, 0) is 18.5 Å². The first-order chi connectivity index (χ1) is 10.1. The summed E-state index contributed by atoms with van der Waals surface area (Å²) in [6.45, 7) is 7.63. The molecule has 3 rings (SSSR count). The molecule has 1 fully saturated rings. The summed E-state index contributed by atoms with van der Waals surface area (Å²) in [5.74, 6) is 1.17. The molecule has 1 heterocycles. The number of imidazole rings is 1. The molecule has 1 atom stereocenters. The van der Waals surface area contributed by atoms with Gasteiger partial charge in [-0.05, 0) is 37.8 Å². The number of aromatic nitrogens is 2. The fraction of sp³-hybridized carbons (Fsp3) is 0.500. The fourth-order valence-electron chi connectivity index (χ4n) is 3.36. The highest BCUT2D eigenvalue weighted by Crippen LogP contribution is 2.47. The molecule has 3 nitrogen and oxygen atoms in total. The van der Waals surface area contributed by atoms with Gasteiger partial charge in [-0.15, -0.1) is 0 Å². The number of hydrogen-bond donors (Lipinski definition) is 1. The van der Waals surface area contributed by atoms with Gasteiger partial charge >= 0.3 is 0 Å². The van der Waals surface area contributed by atoms with Crippen LogP contribution in [-0.4, -0.2) is 15.6 Å². The van der Waals surface area contributed by atoms with E-state index >= 15 is 0 Å². The molecule has 1 saturated carbocycles. The van der Waals surface area contributed by atoms with Crippen molar-refractivity contribution in [1.29, 1.82) is 0 Å². The minimum atomic E-state index is 0.206. The number of nitrogens with one attached hydrogen (secondary N) is 1. The highest BCUT2D eigenvalue weighted by Gasteiger charge is 2.45. The van der Waals surface area contributed by atoms with Gasteiger partial charge in [0, 0.05) is 36.9 Å². The van der Waals surface area contributed by atoms with E-state index in [-0.39, 0.29) is 5.54 Å². The summed E-state index contributed by atoms with van der Waals surface area (Å²) >= 11 is 0. The van der Waals surface area contributed by atoms with Crippen LogP contribution in [0.2, 0.25) is 0 Å². The van der Waals surface area contributed by atoms with Crippen LogP contribution in [0.4, 0.5) is 0 Å². The quantitative estimate of drug-likeness (QED) is 0.880. The number of aryl methyl sites for hydroxylation is 2. The SMILES string of the molecule is CCc1nccn1C[C@H](C)NC1(c2ccccc2C)CC1. The van der Waals surface area contributed by atoms with Gasteiger partial charge in [0.1, 0.15) is 5.82 Å². The third kappa shape index (κ3) is 2.88. The van der Waals surface area contributed by atoms with Crippen molar-refractivity contribution in [1.82, 2.24) is 14.9 Å². The second kappa shape index (κ2) is 5.64. The largest absolute Gasteiger partial charge is 0.333 e. The van der Waals surface area contributed by atoms with Gasteiger partial charge in [0.15, 0.2) is 0 Å². The Hall–Kier alpha value is -1.61. The molecule has 0 spiro atoms. The van der Waals surface area contributed by atoms with Crippen molar-refractivity contribution in [2.45, 2.75) is 58.2 Å². The number of benzene rings is 1. The summed E-state index contributed by atoms with van der Waals surface area (Å²) < 4.78 is 2.27. The van der Waals surface area contributed by atoms with E-state index in [1.54, 1.807) is 0 Å². The molecule has 1 aliphatic carbocycles. The lowest BCUT2D eigenvalue weighted by molar-refractivity contribution is 0.395. The molecule has 0 bridgehead atoms. The number of nitrogens with zero attached hydrogens (tertiary/aromatic N) is 2. The van der Waals surface area contributed by atoms with Crippen LogP contribution >= 0.6 is 0 Å². The van der Waals surface area contributed by atoms with Crippen LogP contribution in [0.15, 0.2) is 36.7 Å². The van der Waals surface area contributed by atoms with Crippen molar-refractivity contribution < 1.29 is 0 Å². The minimum Gasteiger partial charge on any atom is -0.333 e. The van der Waals surface area contributed by atoms with Crippen molar-refractivity contribution in [2.75, 3.05) is 0 Å². The van der Waals surface area contributed by atoms with Crippen molar-refractivity contribution in [3.63, 3.8) is 0 Å². The average molecular weight is 283 g/mol. The monoisotopic (exact) mass is 283 g/mol. The molecule has 3 heteroatoms. The van der Waals surface area contributed by atoms with Crippen LogP contribution < -0.4 is 5.32 Å². The third-order valence-corrected chi connectivity index (χ3v) is 4.52. The molecule has 0 amide bonds. The van der Waals surface area contributed by atoms with Gasteiger partial charge in [0.25, 0.3) is 0 Å². The van der Waals surface area contributed by atoms with Crippen LogP contribution in [0.25, 0.3) is 0 Å². The van der Waals surface area contributed by atoms with Crippen molar-refractivity contribution in [2.24, 2.45) is 0 Å². The van der Waals surface area contributed by atoms with Crippen LogP contribution in [0.1, 0.15) is 43.6 Å². The molecular weight excluding hydrogens is 258 g/mol. The lowest BCUT2D eigenvalue weighted by Crippen LogP contribution is -2.39. The standard InChI is InChI=1S/C18H25N3/c1-4-17-19-11-12-21(17)13-15(3)20-18(9-10-18)16-8-6-5-7-14(16)2/h5-8,11-12,15,20H,4,9-10,13H2,1-3H3/t15-/m0/s1. The zero-order chi connectivity index (χ0) is 14.9. The molecule has 21 heavy (non-hydrogen) atoms. The molecule has 2 aromatic rings. The van der Waals surface area contributed by atoms with Crippen molar-refractivity contribution in [3.05, 3.63) is 53.6 Å². The predicted molar refractivity (Wildman–Crippen MR) is 86.3 cm³/mol. The average Bonchev–Trinajstić information content (AvgIpc) is 3.09. The van der Waals surface area contributed by atoms with E-state index in [0.717, 1.165) is 13.0 Å². The smallest absolute Gasteiger partial charge is 0.108 e. The molecule has 1 N–H and O–H groups in total. The molecule has 0 radical (unpaired) electrons. The number of rotatable bonds is 6. The number of hydrogen-bond acceptors (Lipinski definition) is 2. The Morgan fingerprint density at radius 1 is 1.33 bits per heavy atom. The Kier molecular flexibility index (Phi) is 3.85. The maximum Gasteiger partial charge on any atom is 0.108 e. The third-order valence-electron chi connectivity index (χ3n) is 4.52.